The third kappa shape index (κ3) is 6.87. The zero-order valence-corrected chi connectivity index (χ0v) is 21.3. The highest BCUT2D eigenvalue weighted by molar-refractivity contribution is 7.92. The van der Waals surface area contributed by atoms with Crippen LogP contribution in [0.5, 0.6) is 0 Å². The Hall–Kier alpha value is -2.25. The molecule has 2 aromatic carbocycles. The number of nitrogens with zero attached hydrogens (tertiary/aromatic N) is 2. The summed E-state index contributed by atoms with van der Waals surface area (Å²) in [5.41, 5.74) is 3.54. The van der Waals surface area contributed by atoms with Crippen molar-refractivity contribution >= 4 is 38.9 Å². The Balaban J connectivity index is 1.54. The molecule has 1 aliphatic rings. The predicted octanol–water partition coefficient (Wildman–Crippen LogP) is 5.06. The van der Waals surface area contributed by atoms with Crippen molar-refractivity contribution < 1.29 is 13.2 Å². The van der Waals surface area contributed by atoms with Crippen LogP contribution in [-0.2, 0) is 14.8 Å². The van der Waals surface area contributed by atoms with Crippen LogP contribution in [0.25, 0.3) is 0 Å². The van der Waals surface area contributed by atoms with E-state index in [1.807, 2.05) is 6.92 Å². The number of sulfonamides is 1. The fraction of sp³-hybridized carbons (Fsp3) is 0.480. The summed E-state index contributed by atoms with van der Waals surface area (Å²) in [6, 6.07) is 13.5. The van der Waals surface area contributed by atoms with Crippen molar-refractivity contribution in [2.45, 2.75) is 52.0 Å². The van der Waals surface area contributed by atoms with Crippen molar-refractivity contribution in [3.8, 4) is 0 Å². The second-order valence-corrected chi connectivity index (χ2v) is 11.1. The molecule has 1 atom stereocenters. The number of rotatable bonds is 9. The molecule has 0 spiro atoms. The highest BCUT2D eigenvalue weighted by Crippen LogP contribution is 2.28. The van der Waals surface area contributed by atoms with E-state index in [4.69, 9.17) is 11.6 Å². The molecule has 8 heteroatoms. The number of hydrogen-bond acceptors (Lipinski definition) is 4. The van der Waals surface area contributed by atoms with Gasteiger partial charge < -0.3 is 10.2 Å². The average molecular weight is 492 g/mol. The van der Waals surface area contributed by atoms with Gasteiger partial charge in [-0.2, -0.15) is 0 Å². The van der Waals surface area contributed by atoms with Crippen molar-refractivity contribution in [3.63, 3.8) is 0 Å². The van der Waals surface area contributed by atoms with Crippen molar-refractivity contribution in [2.75, 3.05) is 35.1 Å². The molecule has 1 N–H and O–H groups in total. The molecule has 0 radical (unpaired) electrons. The quantitative estimate of drug-likeness (QED) is 0.532. The normalized spacial score (nSPS) is 15.2. The van der Waals surface area contributed by atoms with E-state index in [9.17, 15) is 13.2 Å². The highest BCUT2D eigenvalue weighted by atomic mass is 35.5. The number of nitrogens with one attached hydrogen (secondary N) is 1. The zero-order chi connectivity index (χ0) is 24.0. The smallest absolute Gasteiger partial charge is 0.232 e. The fourth-order valence-corrected chi connectivity index (χ4v) is 5.42. The molecule has 1 saturated heterocycles. The zero-order valence-electron chi connectivity index (χ0n) is 19.7. The second-order valence-electron chi connectivity index (χ2n) is 8.75. The number of halogens is 1. The lowest BCUT2D eigenvalue weighted by atomic mass is 10.1. The van der Waals surface area contributed by atoms with Gasteiger partial charge in [0, 0.05) is 36.8 Å². The first-order chi connectivity index (χ1) is 15.7. The summed E-state index contributed by atoms with van der Waals surface area (Å²) >= 11 is 6.17. The molecular weight excluding hydrogens is 458 g/mol. The van der Waals surface area contributed by atoms with E-state index < -0.39 is 10.0 Å². The molecule has 0 bridgehead atoms. The monoisotopic (exact) mass is 491 g/mol. The van der Waals surface area contributed by atoms with Crippen LogP contribution in [0.2, 0.25) is 5.02 Å². The molecule has 3 rings (SSSR count). The SMILES string of the molecule is Cc1c(Cl)cccc1N(CCCC(=O)NC(C)c1ccc(N2CCCCC2)cc1)S(C)(=O)=O. The minimum Gasteiger partial charge on any atom is -0.372 e. The first-order valence-electron chi connectivity index (χ1n) is 11.5. The Morgan fingerprint density at radius 2 is 1.79 bits per heavy atom. The standard InChI is InChI=1S/C25H34ClN3O3S/c1-19-23(26)9-7-10-24(19)29(33(3,31)32)18-8-11-25(30)27-20(2)21-12-14-22(15-13-21)28-16-5-4-6-17-28/h7,9-10,12-15,20H,4-6,8,11,16-18H2,1-3H3,(H,27,30). The highest BCUT2D eigenvalue weighted by Gasteiger charge is 2.20. The van der Waals surface area contributed by atoms with Gasteiger partial charge in [-0.15, -0.1) is 0 Å². The number of carbonyl (C=O) groups excluding carboxylic acids is 1. The van der Waals surface area contributed by atoms with Gasteiger partial charge in [-0.3, -0.25) is 9.10 Å². The average Bonchev–Trinajstić information content (AvgIpc) is 2.79. The van der Waals surface area contributed by atoms with Gasteiger partial charge in [0.1, 0.15) is 0 Å². The number of benzene rings is 2. The summed E-state index contributed by atoms with van der Waals surface area (Å²) < 4.78 is 26.0. The van der Waals surface area contributed by atoms with Crippen LogP contribution < -0.4 is 14.5 Å². The third-order valence-electron chi connectivity index (χ3n) is 6.16. The van der Waals surface area contributed by atoms with Crippen LogP contribution in [0.4, 0.5) is 11.4 Å². The van der Waals surface area contributed by atoms with Crippen LogP contribution in [0.1, 0.15) is 56.2 Å². The summed E-state index contributed by atoms with van der Waals surface area (Å²) in [6.45, 7) is 6.18. The van der Waals surface area contributed by atoms with Crippen LogP contribution in [-0.4, -0.2) is 40.2 Å². The maximum Gasteiger partial charge on any atom is 0.232 e. The molecule has 0 saturated carbocycles. The van der Waals surface area contributed by atoms with E-state index in [2.05, 4.69) is 34.5 Å². The van der Waals surface area contributed by atoms with Gasteiger partial charge >= 0.3 is 0 Å². The lowest BCUT2D eigenvalue weighted by Crippen LogP contribution is -2.33. The van der Waals surface area contributed by atoms with Crippen LogP contribution in [0.3, 0.4) is 0 Å². The Bertz CT molecular complexity index is 1050. The Morgan fingerprint density at radius 3 is 2.42 bits per heavy atom. The molecule has 1 fully saturated rings. The molecule has 1 aliphatic heterocycles. The summed E-state index contributed by atoms with van der Waals surface area (Å²) in [5, 5.41) is 3.54. The summed E-state index contributed by atoms with van der Waals surface area (Å²) in [4.78, 5) is 14.9. The molecule has 2 aromatic rings. The van der Waals surface area contributed by atoms with Gasteiger partial charge in [-0.25, -0.2) is 8.42 Å². The minimum atomic E-state index is -3.50. The van der Waals surface area contributed by atoms with Crippen molar-refractivity contribution in [3.05, 3.63) is 58.6 Å². The first-order valence-corrected chi connectivity index (χ1v) is 13.8. The third-order valence-corrected chi connectivity index (χ3v) is 7.75. The Morgan fingerprint density at radius 1 is 1.12 bits per heavy atom. The van der Waals surface area contributed by atoms with Crippen molar-refractivity contribution in [1.29, 1.82) is 0 Å². The van der Waals surface area contributed by atoms with Gasteiger partial charge in [0.05, 0.1) is 18.0 Å². The molecule has 1 heterocycles. The minimum absolute atomic E-state index is 0.0983. The van der Waals surface area contributed by atoms with Gasteiger partial charge in [-0.05, 0) is 74.9 Å². The topological polar surface area (TPSA) is 69.7 Å². The fourth-order valence-electron chi connectivity index (χ4n) is 4.24. The predicted molar refractivity (Wildman–Crippen MR) is 137 cm³/mol. The lowest BCUT2D eigenvalue weighted by Gasteiger charge is -2.29. The van der Waals surface area contributed by atoms with E-state index in [1.54, 1.807) is 25.1 Å². The van der Waals surface area contributed by atoms with E-state index in [-0.39, 0.29) is 24.9 Å². The van der Waals surface area contributed by atoms with E-state index in [1.165, 1.54) is 35.5 Å². The number of piperidine rings is 1. The molecule has 6 nitrogen and oxygen atoms in total. The van der Waals surface area contributed by atoms with Gasteiger partial charge in [0.25, 0.3) is 0 Å². The van der Waals surface area contributed by atoms with Crippen molar-refractivity contribution in [1.82, 2.24) is 5.32 Å². The molecule has 1 unspecified atom stereocenters. The molecule has 180 valence electrons. The van der Waals surface area contributed by atoms with Gasteiger partial charge in [0.15, 0.2) is 0 Å². The Kier molecular flexibility index (Phi) is 8.65. The lowest BCUT2D eigenvalue weighted by molar-refractivity contribution is -0.121. The number of carbonyl (C=O) groups is 1. The summed E-state index contributed by atoms with van der Waals surface area (Å²) in [5.74, 6) is -0.0983. The van der Waals surface area contributed by atoms with E-state index >= 15 is 0 Å². The Labute approximate surface area is 203 Å². The molecule has 0 aromatic heterocycles. The van der Waals surface area contributed by atoms with E-state index in [0.29, 0.717) is 22.7 Å². The molecular formula is C25H34ClN3O3S. The summed E-state index contributed by atoms with van der Waals surface area (Å²) in [7, 11) is -3.50. The van der Waals surface area contributed by atoms with Crippen LogP contribution >= 0.6 is 11.6 Å². The maximum atomic E-state index is 12.5. The number of amides is 1. The van der Waals surface area contributed by atoms with Crippen molar-refractivity contribution in [2.24, 2.45) is 0 Å². The van der Waals surface area contributed by atoms with Crippen LogP contribution in [0, 0.1) is 6.92 Å². The largest absolute Gasteiger partial charge is 0.372 e. The van der Waals surface area contributed by atoms with Gasteiger partial charge in [-0.1, -0.05) is 29.8 Å². The molecule has 0 aliphatic carbocycles. The molecule has 1 amide bonds. The van der Waals surface area contributed by atoms with Crippen LogP contribution in [0.15, 0.2) is 42.5 Å². The van der Waals surface area contributed by atoms with Gasteiger partial charge in [0.2, 0.25) is 15.9 Å². The second kappa shape index (κ2) is 11.3. The maximum absolute atomic E-state index is 12.5. The first kappa shape index (κ1) is 25.4. The number of hydrogen-bond donors (Lipinski definition) is 1. The molecule has 33 heavy (non-hydrogen) atoms. The number of anilines is 2. The van der Waals surface area contributed by atoms with E-state index in [0.717, 1.165) is 18.7 Å². The summed E-state index contributed by atoms with van der Waals surface area (Å²) in [6.07, 6.45) is 5.60.